The van der Waals surface area contributed by atoms with Crippen molar-refractivity contribution < 1.29 is 4.79 Å². The average molecular weight is 278 g/mol. The van der Waals surface area contributed by atoms with E-state index in [0.717, 1.165) is 16.7 Å². The molecule has 0 aliphatic rings. The minimum atomic E-state index is 0.0321. The fraction of sp³-hybridized carbons (Fsp3) is 0.467. The molecule has 0 aliphatic carbocycles. The van der Waals surface area contributed by atoms with E-state index in [4.69, 9.17) is 18.0 Å². The van der Waals surface area contributed by atoms with Crippen LogP contribution in [0.2, 0.25) is 0 Å². The molecule has 1 amide bonds. The second-order valence-electron chi connectivity index (χ2n) is 4.97. The molecular formula is C15H22N2OS. The zero-order chi connectivity index (χ0) is 14.6. The van der Waals surface area contributed by atoms with Crippen molar-refractivity contribution in [1.29, 1.82) is 0 Å². The van der Waals surface area contributed by atoms with E-state index in [1.54, 1.807) is 4.90 Å². The van der Waals surface area contributed by atoms with Gasteiger partial charge in [0, 0.05) is 24.6 Å². The van der Waals surface area contributed by atoms with Crippen LogP contribution in [0.4, 0.5) is 0 Å². The number of hydrogen-bond acceptors (Lipinski definition) is 2. The van der Waals surface area contributed by atoms with Crippen molar-refractivity contribution in [2.24, 2.45) is 11.7 Å². The lowest BCUT2D eigenvalue weighted by molar-refractivity contribution is 0.0754. The zero-order valence-electron chi connectivity index (χ0n) is 12.1. The van der Waals surface area contributed by atoms with Crippen molar-refractivity contribution in [2.75, 3.05) is 13.1 Å². The Morgan fingerprint density at radius 2 is 2.05 bits per heavy atom. The van der Waals surface area contributed by atoms with Gasteiger partial charge in [0.1, 0.15) is 0 Å². The third-order valence-corrected chi connectivity index (χ3v) is 3.66. The van der Waals surface area contributed by atoms with E-state index in [0.29, 0.717) is 18.1 Å². The Bertz CT molecular complexity index is 485. The minimum absolute atomic E-state index is 0.0321. The molecule has 0 radical (unpaired) electrons. The van der Waals surface area contributed by atoms with E-state index in [2.05, 4.69) is 0 Å². The number of nitrogens with two attached hydrogens (primary N) is 1. The maximum Gasteiger partial charge on any atom is 0.254 e. The summed E-state index contributed by atoms with van der Waals surface area (Å²) in [5, 5.41) is 0. The second kappa shape index (κ2) is 6.66. The Hall–Kier alpha value is -1.42. The molecule has 0 spiro atoms. The van der Waals surface area contributed by atoms with E-state index < -0.39 is 0 Å². The first-order valence-corrected chi connectivity index (χ1v) is 6.93. The molecule has 0 saturated carbocycles. The highest BCUT2D eigenvalue weighted by molar-refractivity contribution is 7.80. The highest BCUT2D eigenvalue weighted by Gasteiger charge is 2.19. The Morgan fingerprint density at radius 3 is 2.53 bits per heavy atom. The molecule has 4 heteroatoms. The SMILES string of the molecule is CCN(CC(C)C(N)=S)C(=O)c1ccc(C)cc1C. The standard InChI is InChI=1S/C15H22N2OS/c1-5-17(9-12(4)14(16)19)15(18)13-7-6-10(2)8-11(13)3/h6-8,12H,5,9H2,1-4H3,(H2,16,19). The third-order valence-electron chi connectivity index (χ3n) is 3.26. The predicted molar refractivity (Wildman–Crippen MR) is 83.4 cm³/mol. The molecular weight excluding hydrogens is 256 g/mol. The van der Waals surface area contributed by atoms with Gasteiger partial charge < -0.3 is 10.6 Å². The number of rotatable bonds is 5. The summed E-state index contributed by atoms with van der Waals surface area (Å²) in [4.78, 5) is 14.8. The van der Waals surface area contributed by atoms with Gasteiger partial charge in [0.05, 0.1) is 4.99 Å². The molecule has 0 aliphatic heterocycles. The first kappa shape index (κ1) is 15.6. The van der Waals surface area contributed by atoms with E-state index in [9.17, 15) is 4.79 Å². The van der Waals surface area contributed by atoms with Gasteiger partial charge in [-0.3, -0.25) is 4.79 Å². The summed E-state index contributed by atoms with van der Waals surface area (Å²) in [6.07, 6.45) is 0. The lowest BCUT2D eigenvalue weighted by Crippen LogP contribution is -2.38. The van der Waals surface area contributed by atoms with Gasteiger partial charge in [0.2, 0.25) is 0 Å². The van der Waals surface area contributed by atoms with Crippen molar-refractivity contribution >= 4 is 23.1 Å². The average Bonchev–Trinajstić information content (AvgIpc) is 2.34. The molecule has 19 heavy (non-hydrogen) atoms. The number of nitrogens with zero attached hydrogens (tertiary/aromatic N) is 1. The van der Waals surface area contributed by atoms with Gasteiger partial charge in [-0.1, -0.05) is 36.8 Å². The number of hydrogen-bond donors (Lipinski definition) is 1. The lowest BCUT2D eigenvalue weighted by Gasteiger charge is -2.25. The zero-order valence-corrected chi connectivity index (χ0v) is 12.9. The number of aryl methyl sites for hydroxylation is 2. The maximum absolute atomic E-state index is 12.5. The highest BCUT2D eigenvalue weighted by atomic mass is 32.1. The van der Waals surface area contributed by atoms with Gasteiger partial charge in [-0.05, 0) is 32.4 Å². The minimum Gasteiger partial charge on any atom is -0.393 e. The number of carbonyl (C=O) groups excluding carboxylic acids is 1. The van der Waals surface area contributed by atoms with Crippen LogP contribution in [-0.4, -0.2) is 28.9 Å². The van der Waals surface area contributed by atoms with Gasteiger partial charge in [-0.15, -0.1) is 0 Å². The maximum atomic E-state index is 12.5. The first-order valence-electron chi connectivity index (χ1n) is 6.52. The fourth-order valence-electron chi connectivity index (χ4n) is 2.00. The fourth-order valence-corrected chi connectivity index (χ4v) is 2.07. The quantitative estimate of drug-likeness (QED) is 0.842. The summed E-state index contributed by atoms with van der Waals surface area (Å²) in [6, 6.07) is 5.88. The van der Waals surface area contributed by atoms with Crippen molar-refractivity contribution in [3.63, 3.8) is 0 Å². The molecule has 0 bridgehead atoms. The van der Waals surface area contributed by atoms with Crippen molar-refractivity contribution in [3.05, 3.63) is 34.9 Å². The Labute approximate surface area is 120 Å². The second-order valence-corrected chi connectivity index (χ2v) is 5.44. The van der Waals surface area contributed by atoms with Crippen molar-refractivity contribution in [2.45, 2.75) is 27.7 Å². The highest BCUT2D eigenvalue weighted by Crippen LogP contribution is 2.14. The van der Waals surface area contributed by atoms with Gasteiger partial charge in [0.15, 0.2) is 0 Å². The number of benzene rings is 1. The summed E-state index contributed by atoms with van der Waals surface area (Å²) in [7, 11) is 0. The predicted octanol–water partition coefficient (Wildman–Crippen LogP) is 2.69. The summed E-state index contributed by atoms with van der Waals surface area (Å²) >= 11 is 4.97. The largest absolute Gasteiger partial charge is 0.393 e. The van der Waals surface area contributed by atoms with Gasteiger partial charge in [-0.2, -0.15) is 0 Å². The molecule has 1 aromatic rings. The van der Waals surface area contributed by atoms with Crippen LogP contribution in [0.25, 0.3) is 0 Å². The third kappa shape index (κ3) is 4.03. The van der Waals surface area contributed by atoms with Gasteiger partial charge in [0.25, 0.3) is 5.91 Å². The molecule has 1 atom stereocenters. The molecule has 1 unspecified atom stereocenters. The molecule has 1 rings (SSSR count). The number of amides is 1. The van der Waals surface area contributed by atoms with Crippen LogP contribution < -0.4 is 5.73 Å². The molecule has 1 aromatic carbocycles. The van der Waals surface area contributed by atoms with Crippen LogP contribution in [0.15, 0.2) is 18.2 Å². The van der Waals surface area contributed by atoms with Gasteiger partial charge in [-0.25, -0.2) is 0 Å². The summed E-state index contributed by atoms with van der Waals surface area (Å²) < 4.78 is 0. The van der Waals surface area contributed by atoms with Crippen LogP contribution in [0, 0.1) is 19.8 Å². The number of thiocarbonyl (C=S) groups is 1. The molecule has 0 aromatic heterocycles. The monoisotopic (exact) mass is 278 g/mol. The van der Waals surface area contributed by atoms with Gasteiger partial charge >= 0.3 is 0 Å². The van der Waals surface area contributed by atoms with Crippen molar-refractivity contribution in [3.8, 4) is 0 Å². The van der Waals surface area contributed by atoms with E-state index in [-0.39, 0.29) is 11.8 Å². The summed E-state index contributed by atoms with van der Waals surface area (Å²) in [5.41, 5.74) is 8.54. The van der Waals surface area contributed by atoms with Crippen LogP contribution in [0.1, 0.15) is 35.3 Å². The smallest absolute Gasteiger partial charge is 0.254 e. The van der Waals surface area contributed by atoms with E-state index in [1.165, 1.54) is 0 Å². The molecule has 3 nitrogen and oxygen atoms in total. The Morgan fingerprint density at radius 1 is 1.42 bits per heavy atom. The van der Waals surface area contributed by atoms with E-state index in [1.807, 2.05) is 45.9 Å². The van der Waals surface area contributed by atoms with Crippen molar-refractivity contribution in [1.82, 2.24) is 4.90 Å². The lowest BCUT2D eigenvalue weighted by atomic mass is 10.0. The topological polar surface area (TPSA) is 46.3 Å². The number of carbonyl (C=O) groups is 1. The Balaban J connectivity index is 2.92. The molecule has 0 saturated heterocycles. The molecule has 2 N–H and O–H groups in total. The van der Waals surface area contributed by atoms with Crippen LogP contribution in [0.5, 0.6) is 0 Å². The van der Waals surface area contributed by atoms with Crippen LogP contribution in [0.3, 0.4) is 0 Å². The van der Waals surface area contributed by atoms with Crippen LogP contribution >= 0.6 is 12.2 Å². The molecule has 0 fully saturated rings. The molecule has 104 valence electrons. The van der Waals surface area contributed by atoms with E-state index >= 15 is 0 Å². The summed E-state index contributed by atoms with van der Waals surface area (Å²) in [6.45, 7) is 9.11. The van der Waals surface area contributed by atoms with Crippen LogP contribution in [-0.2, 0) is 0 Å². The first-order chi connectivity index (χ1) is 8.86. The Kier molecular flexibility index (Phi) is 5.48. The summed E-state index contributed by atoms with van der Waals surface area (Å²) in [5.74, 6) is 0.0766. The normalized spacial score (nSPS) is 12.0. The molecule has 0 heterocycles.